The molecule has 1 aromatic heterocycles. The number of nitrogens with one attached hydrogen (secondary N) is 1. The van der Waals surface area contributed by atoms with Crippen LogP contribution in [0, 0.1) is 0 Å². The van der Waals surface area contributed by atoms with Crippen LogP contribution in [-0.2, 0) is 10.0 Å². The lowest BCUT2D eigenvalue weighted by atomic mass is 10.3. The number of nitrogens with zero attached hydrogens (tertiary/aromatic N) is 1. The van der Waals surface area contributed by atoms with E-state index in [0.717, 1.165) is 0 Å². The SMILES string of the molecule is COc1cc(NS(=O)(=O)c2ccc(N)cc2)cc(OC)n1. The molecule has 0 saturated carbocycles. The van der Waals surface area contributed by atoms with Crippen LogP contribution in [0.5, 0.6) is 11.8 Å². The predicted octanol–water partition coefficient (Wildman–Crippen LogP) is 1.48. The highest BCUT2D eigenvalue weighted by Crippen LogP contribution is 2.24. The average Bonchev–Trinajstić information content (AvgIpc) is 2.46. The van der Waals surface area contributed by atoms with Gasteiger partial charge in [0.05, 0.1) is 24.8 Å². The summed E-state index contributed by atoms with van der Waals surface area (Å²) in [6, 6.07) is 8.79. The molecule has 2 rings (SSSR count). The summed E-state index contributed by atoms with van der Waals surface area (Å²) in [5.74, 6) is 0.480. The smallest absolute Gasteiger partial charge is 0.261 e. The summed E-state index contributed by atoms with van der Waals surface area (Å²) in [5, 5.41) is 0. The van der Waals surface area contributed by atoms with Crippen molar-refractivity contribution in [3.8, 4) is 11.8 Å². The van der Waals surface area contributed by atoms with Crippen LogP contribution < -0.4 is 19.9 Å². The number of rotatable bonds is 5. The lowest BCUT2D eigenvalue weighted by Crippen LogP contribution is -2.13. The summed E-state index contributed by atoms with van der Waals surface area (Å²) >= 11 is 0. The van der Waals surface area contributed by atoms with Gasteiger partial charge in [-0.25, -0.2) is 8.42 Å². The van der Waals surface area contributed by atoms with Crippen molar-refractivity contribution < 1.29 is 17.9 Å². The summed E-state index contributed by atoms with van der Waals surface area (Å²) < 4.78 is 36.9. The Morgan fingerprint density at radius 3 is 2.05 bits per heavy atom. The molecule has 0 atom stereocenters. The molecule has 0 aliphatic rings. The molecule has 3 N–H and O–H groups in total. The Balaban J connectivity index is 2.34. The molecule has 0 radical (unpaired) electrons. The second-order valence-electron chi connectivity index (χ2n) is 4.12. The highest BCUT2D eigenvalue weighted by molar-refractivity contribution is 7.92. The molecule has 8 heteroatoms. The molecule has 0 unspecified atom stereocenters. The minimum Gasteiger partial charge on any atom is -0.481 e. The van der Waals surface area contributed by atoms with E-state index in [2.05, 4.69) is 9.71 Å². The summed E-state index contributed by atoms with van der Waals surface area (Å²) in [4.78, 5) is 4.09. The second-order valence-corrected chi connectivity index (χ2v) is 5.80. The van der Waals surface area contributed by atoms with Gasteiger partial charge in [0.15, 0.2) is 0 Å². The lowest BCUT2D eigenvalue weighted by Gasteiger charge is -2.10. The lowest BCUT2D eigenvalue weighted by molar-refractivity contribution is 0.365. The van der Waals surface area contributed by atoms with E-state index in [-0.39, 0.29) is 22.3 Å². The van der Waals surface area contributed by atoms with E-state index >= 15 is 0 Å². The first kappa shape index (κ1) is 14.9. The number of hydrogen-bond acceptors (Lipinski definition) is 6. The van der Waals surface area contributed by atoms with Crippen molar-refractivity contribution in [3.63, 3.8) is 0 Å². The summed E-state index contributed by atoms with van der Waals surface area (Å²) in [5.41, 5.74) is 6.32. The molecule has 21 heavy (non-hydrogen) atoms. The number of anilines is 2. The third kappa shape index (κ3) is 3.54. The molecule has 0 fully saturated rings. The Kier molecular flexibility index (Phi) is 4.18. The number of aromatic nitrogens is 1. The van der Waals surface area contributed by atoms with Crippen LogP contribution in [0.25, 0.3) is 0 Å². The van der Waals surface area contributed by atoms with Crippen LogP contribution in [0.15, 0.2) is 41.3 Å². The third-order valence-corrected chi connectivity index (χ3v) is 4.04. The van der Waals surface area contributed by atoms with E-state index in [1.807, 2.05) is 0 Å². The van der Waals surface area contributed by atoms with Crippen molar-refractivity contribution in [1.29, 1.82) is 0 Å². The number of methoxy groups -OCH3 is 2. The molecular weight excluding hydrogens is 294 g/mol. The highest BCUT2D eigenvalue weighted by atomic mass is 32.2. The zero-order chi connectivity index (χ0) is 15.5. The number of nitrogens with two attached hydrogens (primary N) is 1. The van der Waals surface area contributed by atoms with E-state index in [4.69, 9.17) is 15.2 Å². The van der Waals surface area contributed by atoms with Gasteiger partial charge in [-0.3, -0.25) is 4.72 Å². The fraction of sp³-hybridized carbons (Fsp3) is 0.154. The van der Waals surface area contributed by atoms with Gasteiger partial charge >= 0.3 is 0 Å². The molecule has 0 spiro atoms. The topological polar surface area (TPSA) is 104 Å². The number of pyridine rings is 1. The van der Waals surface area contributed by atoms with Crippen molar-refractivity contribution in [2.75, 3.05) is 24.7 Å². The van der Waals surface area contributed by atoms with Gasteiger partial charge in [-0.05, 0) is 24.3 Å². The molecule has 0 aliphatic carbocycles. The number of ether oxygens (including phenoxy) is 2. The maximum atomic E-state index is 12.3. The van der Waals surface area contributed by atoms with Crippen molar-refractivity contribution in [2.45, 2.75) is 4.90 Å². The minimum atomic E-state index is -3.72. The largest absolute Gasteiger partial charge is 0.481 e. The van der Waals surface area contributed by atoms with Crippen molar-refractivity contribution >= 4 is 21.4 Å². The molecule has 1 aromatic carbocycles. The van der Waals surface area contributed by atoms with Crippen molar-refractivity contribution in [3.05, 3.63) is 36.4 Å². The van der Waals surface area contributed by atoms with E-state index in [1.54, 1.807) is 0 Å². The first-order chi connectivity index (χ1) is 9.94. The molecule has 2 aromatic rings. The zero-order valence-corrected chi connectivity index (χ0v) is 12.3. The Hall–Kier alpha value is -2.48. The van der Waals surface area contributed by atoms with Gasteiger partial charge < -0.3 is 15.2 Å². The van der Waals surface area contributed by atoms with Crippen molar-refractivity contribution in [1.82, 2.24) is 4.98 Å². The molecule has 0 bridgehead atoms. The van der Waals surface area contributed by atoms with Crippen LogP contribution in [0.3, 0.4) is 0 Å². The molecule has 7 nitrogen and oxygen atoms in total. The first-order valence-electron chi connectivity index (χ1n) is 5.93. The second kappa shape index (κ2) is 5.88. The Morgan fingerprint density at radius 1 is 1.05 bits per heavy atom. The van der Waals surface area contributed by atoms with Crippen LogP contribution in [0.4, 0.5) is 11.4 Å². The molecule has 0 saturated heterocycles. The highest BCUT2D eigenvalue weighted by Gasteiger charge is 2.15. The van der Waals surface area contributed by atoms with Gasteiger partial charge in [0.1, 0.15) is 0 Å². The maximum Gasteiger partial charge on any atom is 0.261 e. The Bertz CT molecular complexity index is 707. The first-order valence-corrected chi connectivity index (χ1v) is 7.41. The molecular formula is C13H15N3O4S. The monoisotopic (exact) mass is 309 g/mol. The summed E-state index contributed by atoms with van der Waals surface area (Å²) in [6.07, 6.45) is 0. The normalized spacial score (nSPS) is 11.0. The average molecular weight is 309 g/mol. The van der Waals surface area contributed by atoms with Gasteiger partial charge in [0.25, 0.3) is 10.0 Å². The number of sulfonamides is 1. The van der Waals surface area contributed by atoms with Crippen LogP contribution in [0.1, 0.15) is 0 Å². The Labute approximate surface area is 122 Å². The maximum absolute atomic E-state index is 12.3. The standard InChI is InChI=1S/C13H15N3O4S/c1-19-12-7-10(8-13(15-12)20-2)16-21(17,18)11-5-3-9(14)4-6-11/h3-8H,14H2,1-2H3,(H,15,16). The van der Waals surface area contributed by atoms with E-state index in [9.17, 15) is 8.42 Å². The molecule has 0 amide bonds. The molecule has 1 heterocycles. The quantitative estimate of drug-likeness (QED) is 0.811. The minimum absolute atomic E-state index is 0.103. The molecule has 0 aliphatic heterocycles. The number of nitrogen functional groups attached to an aromatic ring is 1. The summed E-state index contributed by atoms with van der Waals surface area (Å²) in [7, 11) is -0.863. The third-order valence-electron chi connectivity index (χ3n) is 2.64. The van der Waals surface area contributed by atoms with Crippen LogP contribution in [-0.4, -0.2) is 27.6 Å². The molecule has 112 valence electrons. The Morgan fingerprint density at radius 2 is 1.57 bits per heavy atom. The fourth-order valence-corrected chi connectivity index (χ4v) is 2.65. The van der Waals surface area contributed by atoms with E-state index < -0.39 is 10.0 Å². The number of hydrogen-bond donors (Lipinski definition) is 2. The van der Waals surface area contributed by atoms with Gasteiger partial charge in [0.2, 0.25) is 11.8 Å². The van der Waals surface area contributed by atoms with E-state index in [1.165, 1.54) is 50.6 Å². The van der Waals surface area contributed by atoms with Crippen LogP contribution in [0.2, 0.25) is 0 Å². The van der Waals surface area contributed by atoms with Gasteiger partial charge in [-0.1, -0.05) is 0 Å². The fourth-order valence-electron chi connectivity index (χ4n) is 1.61. The van der Waals surface area contributed by atoms with Gasteiger partial charge in [-0.2, -0.15) is 4.98 Å². The zero-order valence-electron chi connectivity index (χ0n) is 11.5. The van der Waals surface area contributed by atoms with E-state index in [0.29, 0.717) is 5.69 Å². The van der Waals surface area contributed by atoms with Gasteiger partial charge in [-0.15, -0.1) is 0 Å². The summed E-state index contributed by atoms with van der Waals surface area (Å²) in [6.45, 7) is 0. The van der Waals surface area contributed by atoms with Crippen LogP contribution >= 0.6 is 0 Å². The predicted molar refractivity (Wildman–Crippen MR) is 79.0 cm³/mol. The van der Waals surface area contributed by atoms with Crippen molar-refractivity contribution in [2.24, 2.45) is 0 Å². The van der Waals surface area contributed by atoms with Gasteiger partial charge in [0, 0.05) is 17.8 Å². The number of benzene rings is 1.